The Kier molecular flexibility index (Phi) is 6.48. The maximum atomic E-state index is 12.9. The maximum Gasteiger partial charge on any atom is 0.416 e. The minimum absolute atomic E-state index is 0.124. The minimum atomic E-state index is -4.43. The molecular formula is C21H23F3N2O2. The van der Waals surface area contributed by atoms with Gasteiger partial charge in [0.05, 0.1) is 5.56 Å². The van der Waals surface area contributed by atoms with Gasteiger partial charge in [-0.3, -0.25) is 9.59 Å². The lowest BCUT2D eigenvalue weighted by molar-refractivity contribution is -0.137. The Morgan fingerprint density at radius 3 is 2.18 bits per heavy atom. The maximum absolute atomic E-state index is 12.9. The van der Waals surface area contributed by atoms with Gasteiger partial charge >= 0.3 is 6.18 Å². The second-order valence-corrected chi connectivity index (χ2v) is 7.24. The summed E-state index contributed by atoms with van der Waals surface area (Å²) in [6.07, 6.45) is -4.43. The molecule has 0 bridgehead atoms. The van der Waals surface area contributed by atoms with Gasteiger partial charge in [0, 0.05) is 17.5 Å². The van der Waals surface area contributed by atoms with Crippen molar-refractivity contribution >= 4 is 11.8 Å². The highest BCUT2D eigenvalue weighted by Crippen LogP contribution is 2.32. The van der Waals surface area contributed by atoms with Gasteiger partial charge in [-0.1, -0.05) is 50.2 Å². The fraction of sp³-hybridized carbons (Fsp3) is 0.333. The number of amides is 2. The van der Waals surface area contributed by atoms with Crippen LogP contribution in [0.1, 0.15) is 42.3 Å². The molecule has 2 amide bonds. The number of hydrogen-bond acceptors (Lipinski definition) is 2. The Morgan fingerprint density at radius 1 is 0.964 bits per heavy atom. The van der Waals surface area contributed by atoms with Crippen LogP contribution in [0, 0.1) is 0 Å². The number of benzene rings is 2. The summed E-state index contributed by atoms with van der Waals surface area (Å²) in [6, 6.07) is 12.8. The second-order valence-electron chi connectivity index (χ2n) is 7.24. The molecule has 0 saturated heterocycles. The molecule has 150 valence electrons. The normalized spacial score (nSPS) is 12.9. The molecule has 1 atom stereocenters. The second kappa shape index (κ2) is 8.46. The minimum Gasteiger partial charge on any atom is -0.353 e. The van der Waals surface area contributed by atoms with E-state index in [1.807, 2.05) is 0 Å². The summed E-state index contributed by atoms with van der Waals surface area (Å²) in [5, 5.41) is 5.30. The largest absolute Gasteiger partial charge is 0.416 e. The summed E-state index contributed by atoms with van der Waals surface area (Å²) in [6.45, 7) is 5.16. The van der Waals surface area contributed by atoms with Gasteiger partial charge in [0.15, 0.2) is 0 Å². The zero-order chi connectivity index (χ0) is 20.9. The van der Waals surface area contributed by atoms with Crippen molar-refractivity contribution in [2.75, 3.05) is 6.54 Å². The van der Waals surface area contributed by atoms with E-state index in [-0.39, 0.29) is 12.5 Å². The van der Waals surface area contributed by atoms with Gasteiger partial charge in [0.1, 0.15) is 6.04 Å². The number of rotatable bonds is 6. The number of halogens is 3. The Morgan fingerprint density at radius 2 is 1.57 bits per heavy atom. The van der Waals surface area contributed by atoms with Crippen molar-refractivity contribution in [2.45, 2.75) is 38.4 Å². The predicted octanol–water partition coefficient (Wildman–Crippen LogP) is 3.92. The first-order chi connectivity index (χ1) is 13.0. The summed E-state index contributed by atoms with van der Waals surface area (Å²) in [7, 11) is 0. The Bertz CT molecular complexity index is 833. The van der Waals surface area contributed by atoms with Crippen LogP contribution >= 0.6 is 0 Å². The van der Waals surface area contributed by atoms with E-state index in [1.165, 1.54) is 6.07 Å². The van der Waals surface area contributed by atoms with E-state index in [0.717, 1.165) is 12.1 Å². The van der Waals surface area contributed by atoms with Crippen molar-refractivity contribution in [1.29, 1.82) is 0 Å². The van der Waals surface area contributed by atoms with Crippen LogP contribution in [0.25, 0.3) is 0 Å². The Balaban J connectivity index is 1.98. The Labute approximate surface area is 162 Å². The van der Waals surface area contributed by atoms with E-state index >= 15 is 0 Å². The fourth-order valence-corrected chi connectivity index (χ4v) is 2.61. The summed E-state index contributed by atoms with van der Waals surface area (Å²) >= 11 is 0. The first-order valence-electron chi connectivity index (χ1n) is 8.82. The van der Waals surface area contributed by atoms with Crippen LogP contribution < -0.4 is 10.6 Å². The molecule has 2 aromatic carbocycles. The van der Waals surface area contributed by atoms with Crippen LogP contribution in [0.15, 0.2) is 54.6 Å². The van der Waals surface area contributed by atoms with Gasteiger partial charge in [0.25, 0.3) is 5.91 Å². The molecule has 0 fully saturated rings. The van der Waals surface area contributed by atoms with Gasteiger partial charge in [0.2, 0.25) is 5.91 Å². The van der Waals surface area contributed by atoms with Crippen LogP contribution in [-0.2, 0) is 16.4 Å². The molecule has 0 aliphatic rings. The van der Waals surface area contributed by atoms with Crippen molar-refractivity contribution in [3.63, 3.8) is 0 Å². The molecule has 0 saturated carbocycles. The molecule has 1 unspecified atom stereocenters. The van der Waals surface area contributed by atoms with Crippen molar-refractivity contribution in [3.8, 4) is 0 Å². The molecular weight excluding hydrogens is 369 g/mol. The smallest absolute Gasteiger partial charge is 0.353 e. The quantitative estimate of drug-likeness (QED) is 0.783. The fourth-order valence-electron chi connectivity index (χ4n) is 2.61. The third-order valence-corrected chi connectivity index (χ3v) is 4.45. The van der Waals surface area contributed by atoms with E-state index in [2.05, 4.69) is 10.6 Å². The number of carbonyl (C=O) groups excluding carboxylic acids is 2. The van der Waals surface area contributed by atoms with Crippen molar-refractivity contribution in [2.24, 2.45) is 0 Å². The lowest BCUT2D eigenvalue weighted by Crippen LogP contribution is -2.47. The summed E-state index contributed by atoms with van der Waals surface area (Å²) in [4.78, 5) is 24.4. The van der Waals surface area contributed by atoms with Gasteiger partial charge in [-0.15, -0.1) is 0 Å². The molecule has 0 aromatic heterocycles. The Hall–Kier alpha value is -2.83. The van der Waals surface area contributed by atoms with Gasteiger partial charge in [-0.25, -0.2) is 0 Å². The average molecular weight is 392 g/mol. The van der Waals surface area contributed by atoms with Crippen LogP contribution in [-0.4, -0.2) is 24.4 Å². The van der Waals surface area contributed by atoms with Crippen LogP contribution in [0.2, 0.25) is 0 Å². The lowest BCUT2D eigenvalue weighted by Gasteiger charge is -2.27. The molecule has 2 N–H and O–H groups in total. The summed E-state index contributed by atoms with van der Waals surface area (Å²) < 4.78 is 38.8. The highest BCUT2D eigenvalue weighted by atomic mass is 19.4. The first kappa shape index (κ1) is 21.5. The zero-order valence-electron chi connectivity index (χ0n) is 15.9. The highest BCUT2D eigenvalue weighted by molar-refractivity contribution is 5.97. The highest BCUT2D eigenvalue weighted by Gasteiger charge is 2.32. The molecule has 0 spiro atoms. The third kappa shape index (κ3) is 5.58. The molecule has 0 aliphatic heterocycles. The molecule has 4 nitrogen and oxygen atoms in total. The molecule has 0 heterocycles. The number of alkyl halides is 3. The predicted molar refractivity (Wildman–Crippen MR) is 101 cm³/mol. The van der Waals surface area contributed by atoms with Gasteiger partial charge in [-0.05, 0) is 30.7 Å². The molecule has 28 heavy (non-hydrogen) atoms. The molecule has 2 rings (SSSR count). The van der Waals surface area contributed by atoms with Crippen molar-refractivity contribution in [3.05, 3.63) is 71.3 Å². The molecule has 7 heteroatoms. The van der Waals surface area contributed by atoms with Gasteiger partial charge < -0.3 is 10.6 Å². The van der Waals surface area contributed by atoms with Crippen molar-refractivity contribution < 1.29 is 22.8 Å². The van der Waals surface area contributed by atoms with E-state index in [1.54, 1.807) is 57.2 Å². The van der Waals surface area contributed by atoms with Gasteiger partial charge in [-0.2, -0.15) is 13.2 Å². The standard InChI is InChI=1S/C21H23F3N2O2/c1-14(26-19(28)15-8-5-4-6-9-15)18(27)25-13-20(2,3)16-10-7-11-17(12-16)21(22,23)24/h4-12,14H,13H2,1-3H3,(H,25,27)(H,26,28). The number of carbonyl (C=O) groups is 2. The molecule has 0 aliphatic carbocycles. The van der Waals surface area contributed by atoms with E-state index in [0.29, 0.717) is 11.1 Å². The summed E-state index contributed by atoms with van der Waals surface area (Å²) in [5.74, 6) is -0.787. The average Bonchev–Trinajstić information content (AvgIpc) is 2.66. The number of nitrogens with one attached hydrogen (secondary N) is 2. The van der Waals surface area contributed by atoms with Crippen LogP contribution in [0.5, 0.6) is 0 Å². The van der Waals surface area contributed by atoms with E-state index in [4.69, 9.17) is 0 Å². The SMILES string of the molecule is CC(NC(=O)c1ccccc1)C(=O)NCC(C)(C)c1cccc(C(F)(F)F)c1. The first-order valence-corrected chi connectivity index (χ1v) is 8.82. The number of hydrogen-bond donors (Lipinski definition) is 2. The molecule has 0 radical (unpaired) electrons. The van der Waals surface area contributed by atoms with E-state index < -0.39 is 29.1 Å². The topological polar surface area (TPSA) is 58.2 Å². The third-order valence-electron chi connectivity index (χ3n) is 4.45. The monoisotopic (exact) mass is 392 g/mol. The van der Waals surface area contributed by atoms with E-state index in [9.17, 15) is 22.8 Å². The zero-order valence-corrected chi connectivity index (χ0v) is 15.9. The lowest BCUT2D eigenvalue weighted by atomic mass is 9.83. The summed E-state index contributed by atoms with van der Waals surface area (Å²) in [5.41, 5.74) is -0.553. The van der Waals surface area contributed by atoms with Crippen molar-refractivity contribution in [1.82, 2.24) is 10.6 Å². The van der Waals surface area contributed by atoms with Crippen LogP contribution in [0.3, 0.4) is 0 Å². The molecule has 2 aromatic rings. The van der Waals surface area contributed by atoms with Crippen LogP contribution in [0.4, 0.5) is 13.2 Å².